The lowest BCUT2D eigenvalue weighted by Gasteiger charge is -2.04. The molecule has 0 amide bonds. The van der Waals surface area contributed by atoms with E-state index < -0.39 is 9.84 Å². The summed E-state index contributed by atoms with van der Waals surface area (Å²) in [6.07, 6.45) is 0. The number of nitrogens with two attached hydrogens (primary N) is 1. The Hall–Kier alpha value is -0.910. The van der Waals surface area contributed by atoms with Crippen molar-refractivity contribution >= 4 is 9.84 Å². The largest absolute Gasteiger partial charge is 0.361 e. The minimum absolute atomic E-state index is 0.0260. The smallest absolute Gasteiger partial charge is 0.175 e. The molecule has 0 aliphatic heterocycles. The molecule has 0 aromatic heterocycles. The molecule has 0 heterocycles. The monoisotopic (exact) mass is 229 g/mol. The first-order valence-corrected chi connectivity index (χ1v) is 6.48. The van der Waals surface area contributed by atoms with Gasteiger partial charge < -0.3 is 10.5 Å². The van der Waals surface area contributed by atoms with Gasteiger partial charge in [0.1, 0.15) is 5.94 Å². The van der Waals surface area contributed by atoms with E-state index in [1.165, 1.54) is 0 Å². The Balaban J connectivity index is 2.34. The van der Waals surface area contributed by atoms with Gasteiger partial charge in [-0.25, -0.2) is 8.42 Å². The molecule has 15 heavy (non-hydrogen) atoms. The summed E-state index contributed by atoms with van der Waals surface area (Å²) < 4.78 is 27.5. The van der Waals surface area contributed by atoms with Crippen LogP contribution in [0.5, 0.6) is 0 Å². The van der Waals surface area contributed by atoms with E-state index in [9.17, 15) is 8.42 Å². The third-order valence-corrected chi connectivity index (χ3v) is 3.19. The van der Waals surface area contributed by atoms with Crippen molar-refractivity contribution in [2.24, 2.45) is 5.73 Å². The molecule has 4 nitrogen and oxygen atoms in total. The van der Waals surface area contributed by atoms with Crippen LogP contribution in [0.2, 0.25) is 0 Å². The fraction of sp³-hybridized carbons (Fsp3) is 0.400. The summed E-state index contributed by atoms with van der Waals surface area (Å²) in [6.45, 7) is 0.446. The second-order valence-electron chi connectivity index (χ2n) is 3.19. The molecule has 2 N–H and O–H groups in total. The molecule has 0 aliphatic carbocycles. The molecule has 0 saturated heterocycles. The van der Waals surface area contributed by atoms with E-state index in [0.29, 0.717) is 6.61 Å². The zero-order chi connectivity index (χ0) is 11.1. The summed E-state index contributed by atoms with van der Waals surface area (Å²) in [5.74, 6) is -0.291. The number of hydrogen-bond acceptors (Lipinski definition) is 4. The molecule has 1 aromatic carbocycles. The summed E-state index contributed by atoms with van der Waals surface area (Å²) in [5.41, 5.74) is 6.12. The molecular formula is C10H15NO3S. The summed E-state index contributed by atoms with van der Waals surface area (Å²) in [6, 6.07) is 9.43. The summed E-state index contributed by atoms with van der Waals surface area (Å²) in [4.78, 5) is 0. The standard InChI is InChI=1S/C10H15NO3S/c11-6-7-15(12,13)9-14-8-10-4-2-1-3-5-10/h1-5H,6-9,11H2. The van der Waals surface area contributed by atoms with Gasteiger partial charge in [0.15, 0.2) is 9.84 Å². The number of rotatable bonds is 6. The van der Waals surface area contributed by atoms with E-state index in [4.69, 9.17) is 10.5 Å². The molecule has 0 saturated carbocycles. The lowest BCUT2D eigenvalue weighted by Crippen LogP contribution is -2.19. The molecule has 5 heteroatoms. The fourth-order valence-electron chi connectivity index (χ4n) is 1.10. The van der Waals surface area contributed by atoms with E-state index >= 15 is 0 Å². The Bertz CT molecular complexity index is 375. The van der Waals surface area contributed by atoms with Crippen LogP contribution in [0.4, 0.5) is 0 Å². The quantitative estimate of drug-likeness (QED) is 0.772. The van der Waals surface area contributed by atoms with E-state index in [2.05, 4.69) is 0 Å². The van der Waals surface area contributed by atoms with Crippen molar-refractivity contribution in [3.05, 3.63) is 35.9 Å². The highest BCUT2D eigenvalue weighted by molar-refractivity contribution is 7.91. The minimum atomic E-state index is -3.15. The van der Waals surface area contributed by atoms with Crippen molar-refractivity contribution in [2.45, 2.75) is 6.61 Å². The Morgan fingerprint density at radius 1 is 1.20 bits per heavy atom. The molecule has 0 atom stereocenters. The van der Waals surface area contributed by atoms with Gasteiger partial charge in [0.25, 0.3) is 0 Å². The second-order valence-corrected chi connectivity index (χ2v) is 5.32. The maximum Gasteiger partial charge on any atom is 0.175 e. The van der Waals surface area contributed by atoms with Crippen LogP contribution in [0.3, 0.4) is 0 Å². The molecule has 0 aliphatic rings. The molecule has 84 valence electrons. The normalized spacial score (nSPS) is 11.5. The highest BCUT2D eigenvalue weighted by Crippen LogP contribution is 2.01. The van der Waals surface area contributed by atoms with Gasteiger partial charge in [-0.1, -0.05) is 30.3 Å². The SMILES string of the molecule is NCCS(=O)(=O)COCc1ccccc1. The average Bonchev–Trinajstić information content (AvgIpc) is 2.19. The molecule has 0 radical (unpaired) electrons. The molecular weight excluding hydrogens is 214 g/mol. The maximum atomic E-state index is 11.2. The van der Waals surface area contributed by atoms with Gasteiger partial charge in [0.2, 0.25) is 0 Å². The molecule has 0 fully saturated rings. The van der Waals surface area contributed by atoms with E-state index in [-0.39, 0.29) is 18.2 Å². The number of ether oxygens (including phenoxy) is 1. The van der Waals surface area contributed by atoms with Gasteiger partial charge in [0, 0.05) is 6.54 Å². The summed E-state index contributed by atoms with van der Waals surface area (Å²) >= 11 is 0. The van der Waals surface area contributed by atoms with Crippen molar-refractivity contribution in [3.63, 3.8) is 0 Å². The Labute approximate surface area is 90.0 Å². The van der Waals surface area contributed by atoms with Crippen LogP contribution in [-0.2, 0) is 21.2 Å². The molecule has 0 unspecified atom stereocenters. The Kier molecular flexibility index (Phi) is 4.74. The third-order valence-electron chi connectivity index (χ3n) is 1.80. The summed E-state index contributed by atoms with van der Waals surface area (Å²) in [7, 11) is -3.15. The predicted molar refractivity (Wildman–Crippen MR) is 58.9 cm³/mol. The van der Waals surface area contributed by atoms with Crippen molar-refractivity contribution in [1.29, 1.82) is 0 Å². The number of benzene rings is 1. The third kappa shape index (κ3) is 4.92. The molecule has 1 aromatic rings. The van der Waals surface area contributed by atoms with Gasteiger partial charge >= 0.3 is 0 Å². The predicted octanol–water partition coefficient (Wildman–Crippen LogP) is 0.534. The van der Waals surface area contributed by atoms with Crippen LogP contribution < -0.4 is 5.73 Å². The highest BCUT2D eigenvalue weighted by atomic mass is 32.2. The van der Waals surface area contributed by atoms with Crippen molar-refractivity contribution in [2.75, 3.05) is 18.2 Å². The number of hydrogen-bond donors (Lipinski definition) is 1. The van der Waals surface area contributed by atoms with Gasteiger partial charge in [-0.3, -0.25) is 0 Å². The van der Waals surface area contributed by atoms with E-state index in [0.717, 1.165) is 5.56 Å². The van der Waals surface area contributed by atoms with Gasteiger partial charge in [-0.05, 0) is 5.56 Å². The lowest BCUT2D eigenvalue weighted by molar-refractivity contribution is 0.163. The van der Waals surface area contributed by atoms with Crippen LogP contribution in [-0.4, -0.2) is 26.7 Å². The van der Waals surface area contributed by atoms with Crippen molar-refractivity contribution in [1.82, 2.24) is 0 Å². The minimum Gasteiger partial charge on any atom is -0.361 e. The molecule has 0 bridgehead atoms. The Morgan fingerprint density at radius 3 is 2.47 bits per heavy atom. The van der Waals surface area contributed by atoms with Gasteiger partial charge in [-0.2, -0.15) is 0 Å². The molecule has 0 spiro atoms. The van der Waals surface area contributed by atoms with Crippen LogP contribution in [0.15, 0.2) is 30.3 Å². The van der Waals surface area contributed by atoms with Crippen LogP contribution in [0, 0.1) is 0 Å². The first kappa shape index (κ1) is 12.2. The average molecular weight is 229 g/mol. The first-order chi connectivity index (χ1) is 7.14. The van der Waals surface area contributed by atoms with E-state index in [1.54, 1.807) is 0 Å². The van der Waals surface area contributed by atoms with Crippen LogP contribution in [0.1, 0.15) is 5.56 Å². The topological polar surface area (TPSA) is 69.4 Å². The highest BCUT2D eigenvalue weighted by Gasteiger charge is 2.08. The van der Waals surface area contributed by atoms with Crippen LogP contribution in [0.25, 0.3) is 0 Å². The van der Waals surface area contributed by atoms with Gasteiger partial charge in [0.05, 0.1) is 12.4 Å². The Morgan fingerprint density at radius 2 is 1.87 bits per heavy atom. The second kappa shape index (κ2) is 5.85. The maximum absolute atomic E-state index is 11.2. The first-order valence-electron chi connectivity index (χ1n) is 4.66. The van der Waals surface area contributed by atoms with E-state index in [1.807, 2.05) is 30.3 Å². The van der Waals surface area contributed by atoms with Crippen molar-refractivity contribution < 1.29 is 13.2 Å². The zero-order valence-corrected chi connectivity index (χ0v) is 9.24. The summed E-state index contributed by atoms with van der Waals surface area (Å²) in [5, 5.41) is 0. The zero-order valence-electron chi connectivity index (χ0n) is 8.43. The van der Waals surface area contributed by atoms with Crippen LogP contribution >= 0.6 is 0 Å². The van der Waals surface area contributed by atoms with Crippen molar-refractivity contribution in [3.8, 4) is 0 Å². The number of sulfone groups is 1. The fourth-order valence-corrected chi connectivity index (χ4v) is 1.91. The van der Waals surface area contributed by atoms with Gasteiger partial charge in [-0.15, -0.1) is 0 Å². The molecule has 1 rings (SSSR count). The lowest BCUT2D eigenvalue weighted by atomic mass is 10.2.